The molecule has 136 valence electrons. The SMILES string of the molecule is CC(C)(C)OC(N)=O.Clc1nc2ccccc2cc1CN1CCCC1. The average molecular weight is 364 g/mol. The molecular formula is C19H26ClN3O2. The lowest BCUT2D eigenvalue weighted by molar-refractivity contribution is 0.0600. The number of nitrogens with two attached hydrogens (primary N) is 1. The lowest BCUT2D eigenvalue weighted by atomic mass is 10.1. The monoisotopic (exact) mass is 363 g/mol. The van der Waals surface area contributed by atoms with Gasteiger partial charge in [-0.05, 0) is 58.8 Å². The fraction of sp³-hybridized carbons (Fsp3) is 0.474. The molecule has 0 unspecified atom stereocenters. The van der Waals surface area contributed by atoms with Gasteiger partial charge in [0.1, 0.15) is 10.8 Å². The quantitative estimate of drug-likeness (QED) is 0.804. The lowest BCUT2D eigenvalue weighted by Gasteiger charge is -2.16. The minimum absolute atomic E-state index is 0.453. The van der Waals surface area contributed by atoms with Gasteiger partial charge in [-0.3, -0.25) is 4.90 Å². The summed E-state index contributed by atoms with van der Waals surface area (Å²) in [6, 6.07) is 10.3. The highest BCUT2D eigenvalue weighted by molar-refractivity contribution is 6.30. The van der Waals surface area contributed by atoms with Crippen LogP contribution in [0.3, 0.4) is 0 Å². The van der Waals surface area contributed by atoms with Crippen molar-refractivity contribution in [1.82, 2.24) is 9.88 Å². The van der Waals surface area contributed by atoms with Crippen LogP contribution in [0.1, 0.15) is 39.2 Å². The molecule has 1 amide bonds. The number of amides is 1. The summed E-state index contributed by atoms with van der Waals surface area (Å²) in [4.78, 5) is 16.9. The normalized spacial score (nSPS) is 14.9. The van der Waals surface area contributed by atoms with Gasteiger partial charge in [0.2, 0.25) is 0 Å². The van der Waals surface area contributed by atoms with Crippen LogP contribution in [0.2, 0.25) is 5.15 Å². The van der Waals surface area contributed by atoms with E-state index < -0.39 is 11.7 Å². The number of likely N-dealkylation sites (tertiary alicyclic amines) is 1. The second kappa shape index (κ2) is 8.50. The van der Waals surface area contributed by atoms with E-state index in [0.717, 1.165) is 17.6 Å². The largest absolute Gasteiger partial charge is 0.444 e. The molecule has 2 aromatic rings. The van der Waals surface area contributed by atoms with Gasteiger partial charge in [0.25, 0.3) is 0 Å². The number of rotatable bonds is 2. The van der Waals surface area contributed by atoms with Crippen LogP contribution in [0.5, 0.6) is 0 Å². The molecule has 1 saturated heterocycles. The van der Waals surface area contributed by atoms with Crippen molar-refractivity contribution in [3.8, 4) is 0 Å². The van der Waals surface area contributed by atoms with E-state index in [1.807, 2.05) is 18.2 Å². The van der Waals surface area contributed by atoms with Gasteiger partial charge < -0.3 is 10.5 Å². The number of carbonyl (C=O) groups excluding carboxylic acids is 1. The van der Waals surface area contributed by atoms with Gasteiger partial charge in [0.15, 0.2) is 0 Å². The first-order valence-corrected chi connectivity index (χ1v) is 8.87. The topological polar surface area (TPSA) is 68.5 Å². The average Bonchev–Trinajstić information content (AvgIpc) is 2.99. The van der Waals surface area contributed by atoms with E-state index in [2.05, 4.69) is 26.8 Å². The zero-order chi connectivity index (χ0) is 18.4. The van der Waals surface area contributed by atoms with Crippen LogP contribution in [0.15, 0.2) is 30.3 Å². The van der Waals surface area contributed by atoms with Gasteiger partial charge in [0, 0.05) is 17.5 Å². The number of pyridine rings is 1. The summed E-state index contributed by atoms with van der Waals surface area (Å²) in [5.41, 5.74) is 6.39. The Morgan fingerprint density at radius 2 is 1.92 bits per heavy atom. The summed E-state index contributed by atoms with van der Waals surface area (Å²) < 4.78 is 4.58. The standard InChI is InChI=1S/C14H15ClN2.C5H11NO2/c15-14-12(10-17-7-3-4-8-17)9-11-5-1-2-6-13(11)16-14;1-5(2,3)8-4(6)7/h1-2,5-6,9H,3-4,7-8,10H2;1-3H3,(H2,6,7). The Balaban J connectivity index is 0.000000242. The molecule has 1 aromatic heterocycles. The van der Waals surface area contributed by atoms with Crippen LogP contribution in [-0.4, -0.2) is 34.7 Å². The molecule has 2 heterocycles. The van der Waals surface area contributed by atoms with Crippen molar-refractivity contribution in [1.29, 1.82) is 0 Å². The van der Waals surface area contributed by atoms with Gasteiger partial charge in [-0.25, -0.2) is 9.78 Å². The second-order valence-corrected chi connectivity index (χ2v) is 7.51. The smallest absolute Gasteiger partial charge is 0.405 e. The molecule has 1 aliphatic rings. The van der Waals surface area contributed by atoms with Crippen LogP contribution >= 0.6 is 11.6 Å². The van der Waals surface area contributed by atoms with E-state index in [1.54, 1.807) is 20.8 Å². The van der Waals surface area contributed by atoms with E-state index >= 15 is 0 Å². The number of fused-ring (bicyclic) bond motifs is 1. The number of hydrogen-bond donors (Lipinski definition) is 1. The maximum Gasteiger partial charge on any atom is 0.405 e. The Hall–Kier alpha value is -1.85. The van der Waals surface area contributed by atoms with Crippen LogP contribution in [-0.2, 0) is 11.3 Å². The van der Waals surface area contributed by atoms with Crippen molar-refractivity contribution in [2.45, 2.75) is 45.8 Å². The highest BCUT2D eigenvalue weighted by Gasteiger charge is 2.14. The van der Waals surface area contributed by atoms with Gasteiger partial charge in [0.05, 0.1) is 5.52 Å². The zero-order valence-electron chi connectivity index (χ0n) is 15.1. The molecule has 1 fully saturated rings. The Morgan fingerprint density at radius 1 is 1.28 bits per heavy atom. The summed E-state index contributed by atoms with van der Waals surface area (Å²) in [5, 5.41) is 1.82. The van der Waals surface area contributed by atoms with Gasteiger partial charge >= 0.3 is 6.09 Å². The number of halogens is 1. The molecule has 1 aliphatic heterocycles. The zero-order valence-corrected chi connectivity index (χ0v) is 15.8. The first-order chi connectivity index (χ1) is 11.7. The number of nitrogens with zero attached hydrogens (tertiary/aromatic N) is 2. The Kier molecular flexibility index (Phi) is 6.62. The minimum Gasteiger partial charge on any atom is -0.444 e. The Bertz CT molecular complexity index is 722. The number of primary amides is 1. The number of benzene rings is 1. The summed E-state index contributed by atoms with van der Waals surface area (Å²) >= 11 is 6.24. The molecule has 6 heteroatoms. The van der Waals surface area contributed by atoms with Crippen LogP contribution in [0, 0.1) is 0 Å². The first-order valence-electron chi connectivity index (χ1n) is 8.49. The fourth-order valence-corrected chi connectivity index (χ4v) is 2.94. The summed E-state index contributed by atoms with van der Waals surface area (Å²) in [6.45, 7) is 8.58. The maximum absolute atomic E-state index is 10.0. The maximum atomic E-state index is 10.0. The van der Waals surface area contributed by atoms with E-state index in [1.165, 1.54) is 31.3 Å². The van der Waals surface area contributed by atoms with Gasteiger partial charge in [-0.1, -0.05) is 29.8 Å². The number of hydrogen-bond acceptors (Lipinski definition) is 4. The third-order valence-electron chi connectivity index (χ3n) is 3.75. The molecule has 25 heavy (non-hydrogen) atoms. The molecule has 5 nitrogen and oxygen atoms in total. The van der Waals surface area contributed by atoms with Crippen molar-refractivity contribution in [3.05, 3.63) is 41.0 Å². The predicted molar refractivity (Wildman–Crippen MR) is 102 cm³/mol. The molecule has 0 bridgehead atoms. The summed E-state index contributed by atoms with van der Waals surface area (Å²) in [5.74, 6) is 0. The Morgan fingerprint density at radius 3 is 2.48 bits per heavy atom. The molecule has 0 aliphatic carbocycles. The highest BCUT2D eigenvalue weighted by atomic mass is 35.5. The predicted octanol–water partition coefficient (Wildman–Crippen LogP) is 4.36. The van der Waals surface area contributed by atoms with Crippen LogP contribution < -0.4 is 5.73 Å². The van der Waals surface area contributed by atoms with E-state index in [-0.39, 0.29) is 0 Å². The fourth-order valence-electron chi connectivity index (χ4n) is 2.73. The minimum atomic E-state index is -0.725. The van der Waals surface area contributed by atoms with Gasteiger partial charge in [-0.2, -0.15) is 0 Å². The van der Waals surface area contributed by atoms with E-state index in [9.17, 15) is 4.79 Å². The second-order valence-electron chi connectivity index (χ2n) is 7.15. The molecule has 0 saturated carbocycles. The van der Waals surface area contributed by atoms with E-state index in [0.29, 0.717) is 5.15 Å². The lowest BCUT2D eigenvalue weighted by Crippen LogP contribution is -2.27. The summed E-state index contributed by atoms with van der Waals surface area (Å²) in [7, 11) is 0. The molecule has 2 N–H and O–H groups in total. The van der Waals surface area contributed by atoms with Crippen molar-refractivity contribution in [2.24, 2.45) is 5.73 Å². The van der Waals surface area contributed by atoms with Crippen molar-refractivity contribution in [3.63, 3.8) is 0 Å². The van der Waals surface area contributed by atoms with E-state index in [4.69, 9.17) is 17.3 Å². The van der Waals surface area contributed by atoms with Crippen molar-refractivity contribution >= 4 is 28.6 Å². The molecule has 0 atom stereocenters. The van der Waals surface area contributed by atoms with Crippen molar-refractivity contribution in [2.75, 3.05) is 13.1 Å². The number of para-hydroxylation sites is 1. The Labute approximate surface area is 154 Å². The molecule has 0 spiro atoms. The molecule has 0 radical (unpaired) electrons. The number of aromatic nitrogens is 1. The molecule has 3 rings (SSSR count). The number of ether oxygens (including phenoxy) is 1. The number of carbonyl (C=O) groups is 1. The molecular weight excluding hydrogens is 338 g/mol. The molecule has 1 aromatic carbocycles. The van der Waals surface area contributed by atoms with Crippen LogP contribution in [0.4, 0.5) is 4.79 Å². The summed E-state index contributed by atoms with van der Waals surface area (Å²) in [6.07, 6.45) is 1.88. The highest BCUT2D eigenvalue weighted by Crippen LogP contribution is 2.23. The first kappa shape index (κ1) is 19.5. The third-order valence-corrected chi connectivity index (χ3v) is 4.08. The van der Waals surface area contributed by atoms with Crippen molar-refractivity contribution < 1.29 is 9.53 Å². The third kappa shape index (κ3) is 6.52. The van der Waals surface area contributed by atoms with Gasteiger partial charge in [-0.15, -0.1) is 0 Å². The van der Waals surface area contributed by atoms with Crippen LogP contribution in [0.25, 0.3) is 10.9 Å².